The molecule has 3 nitrogen and oxygen atoms in total. The first-order chi connectivity index (χ1) is 8.73. The van der Waals surface area contributed by atoms with Gasteiger partial charge in [0.05, 0.1) is 6.54 Å². The summed E-state index contributed by atoms with van der Waals surface area (Å²) in [4.78, 5) is 18.0. The number of Topliss-reactive ketones (excluding diaryl/α,β-unsaturated/α-hetero) is 1. The largest absolute Gasteiger partial charge is 0.299 e. The van der Waals surface area contributed by atoms with E-state index in [0.29, 0.717) is 12.5 Å². The van der Waals surface area contributed by atoms with Crippen molar-refractivity contribution in [2.24, 2.45) is 0 Å². The Hall–Kier alpha value is -1.22. The second-order valence-electron chi connectivity index (χ2n) is 5.84. The summed E-state index contributed by atoms with van der Waals surface area (Å²) >= 11 is 0. The third-order valence-corrected chi connectivity index (χ3v) is 3.59. The fourth-order valence-corrected chi connectivity index (χ4v) is 2.52. The summed E-state index contributed by atoms with van der Waals surface area (Å²) in [5.74, 6) is 0.641. The maximum atomic E-state index is 11.2. The van der Waals surface area contributed by atoms with Crippen molar-refractivity contribution in [1.29, 1.82) is 0 Å². The minimum Gasteiger partial charge on any atom is -0.299 e. The van der Waals surface area contributed by atoms with Gasteiger partial charge >= 0.3 is 0 Å². The highest BCUT2D eigenvalue weighted by atomic mass is 16.1. The highest BCUT2D eigenvalue weighted by molar-refractivity contribution is 5.77. The maximum absolute atomic E-state index is 11.2. The Kier molecular flexibility index (Phi) is 5.24. The van der Waals surface area contributed by atoms with Gasteiger partial charge in [-0.3, -0.25) is 14.7 Å². The summed E-state index contributed by atoms with van der Waals surface area (Å²) in [5.41, 5.74) is 6.12. The summed E-state index contributed by atoms with van der Waals surface area (Å²) < 4.78 is 0. The molecule has 1 heterocycles. The Balaban J connectivity index is 3.09. The minimum absolute atomic E-state index is 0.196. The predicted octanol–water partition coefficient (Wildman–Crippen LogP) is 3.15. The molecule has 0 aliphatic carbocycles. The van der Waals surface area contributed by atoms with Crippen LogP contribution in [0.5, 0.6) is 0 Å². The number of pyridine rings is 1. The van der Waals surface area contributed by atoms with E-state index in [2.05, 4.69) is 34.6 Å². The SMILES string of the molecule is CC(=O)CN(C)Cc1c(C)nc(C(C)C)c(C)c1C. The number of hydrogen-bond acceptors (Lipinski definition) is 3. The van der Waals surface area contributed by atoms with Crippen LogP contribution in [-0.4, -0.2) is 29.3 Å². The van der Waals surface area contributed by atoms with E-state index in [9.17, 15) is 4.79 Å². The lowest BCUT2D eigenvalue weighted by molar-refractivity contribution is -0.117. The number of hydrogen-bond donors (Lipinski definition) is 0. The quantitative estimate of drug-likeness (QED) is 0.817. The molecule has 0 aliphatic heterocycles. The molecule has 106 valence electrons. The number of nitrogens with zero attached hydrogens (tertiary/aromatic N) is 2. The zero-order valence-electron chi connectivity index (χ0n) is 13.3. The van der Waals surface area contributed by atoms with Crippen molar-refractivity contribution in [3.05, 3.63) is 28.1 Å². The van der Waals surface area contributed by atoms with Gasteiger partial charge in [0.1, 0.15) is 5.78 Å². The summed E-state index contributed by atoms with van der Waals surface area (Å²) in [7, 11) is 1.98. The van der Waals surface area contributed by atoms with E-state index < -0.39 is 0 Å². The monoisotopic (exact) mass is 262 g/mol. The van der Waals surface area contributed by atoms with Crippen molar-refractivity contribution in [2.45, 2.75) is 54.0 Å². The molecule has 0 aliphatic rings. The van der Waals surface area contributed by atoms with Gasteiger partial charge in [0.25, 0.3) is 0 Å². The second-order valence-corrected chi connectivity index (χ2v) is 5.84. The van der Waals surface area contributed by atoms with E-state index in [-0.39, 0.29) is 5.78 Å². The first-order valence-corrected chi connectivity index (χ1v) is 6.88. The normalized spacial score (nSPS) is 11.4. The van der Waals surface area contributed by atoms with Crippen LogP contribution in [0, 0.1) is 20.8 Å². The number of carbonyl (C=O) groups excluding carboxylic acids is 1. The van der Waals surface area contributed by atoms with E-state index in [4.69, 9.17) is 4.98 Å². The van der Waals surface area contributed by atoms with E-state index in [1.165, 1.54) is 22.4 Å². The van der Waals surface area contributed by atoms with Gasteiger partial charge < -0.3 is 0 Å². The Morgan fingerprint density at radius 2 is 1.79 bits per heavy atom. The smallest absolute Gasteiger partial charge is 0.143 e. The van der Waals surface area contributed by atoms with Gasteiger partial charge in [-0.05, 0) is 57.4 Å². The third kappa shape index (κ3) is 3.87. The summed E-state index contributed by atoms with van der Waals surface area (Å²) in [6.07, 6.45) is 0. The van der Waals surface area contributed by atoms with E-state index >= 15 is 0 Å². The van der Waals surface area contributed by atoms with Gasteiger partial charge in [-0.1, -0.05) is 13.8 Å². The van der Waals surface area contributed by atoms with Crippen LogP contribution in [0.3, 0.4) is 0 Å². The lowest BCUT2D eigenvalue weighted by Crippen LogP contribution is -2.25. The Morgan fingerprint density at radius 1 is 1.21 bits per heavy atom. The lowest BCUT2D eigenvalue weighted by atomic mass is 9.95. The molecule has 0 radical (unpaired) electrons. The van der Waals surface area contributed by atoms with Crippen LogP contribution in [0.1, 0.15) is 54.8 Å². The highest BCUT2D eigenvalue weighted by Crippen LogP contribution is 2.25. The molecule has 0 unspecified atom stereocenters. The predicted molar refractivity (Wildman–Crippen MR) is 79.6 cm³/mol. The summed E-state index contributed by atoms with van der Waals surface area (Å²) in [6, 6.07) is 0. The molecule has 1 aromatic rings. The Morgan fingerprint density at radius 3 is 2.26 bits per heavy atom. The fraction of sp³-hybridized carbons (Fsp3) is 0.625. The zero-order chi connectivity index (χ0) is 14.7. The maximum Gasteiger partial charge on any atom is 0.143 e. The first kappa shape index (κ1) is 15.8. The molecule has 0 spiro atoms. The van der Waals surface area contributed by atoms with Crippen LogP contribution in [0.4, 0.5) is 0 Å². The van der Waals surface area contributed by atoms with E-state index in [0.717, 1.165) is 12.2 Å². The zero-order valence-corrected chi connectivity index (χ0v) is 13.3. The number of aryl methyl sites for hydroxylation is 1. The standard InChI is InChI=1S/C16H26N2O/c1-10(2)16-13(5)12(4)15(14(6)17-16)9-18(7)8-11(3)19/h10H,8-9H2,1-7H3. The number of carbonyl (C=O) groups is 1. The van der Waals surface area contributed by atoms with Crippen LogP contribution < -0.4 is 0 Å². The van der Waals surface area contributed by atoms with Crippen molar-refractivity contribution >= 4 is 5.78 Å². The van der Waals surface area contributed by atoms with E-state index in [1.807, 2.05) is 11.9 Å². The molecule has 0 saturated carbocycles. The molecule has 1 rings (SSSR count). The third-order valence-electron chi connectivity index (χ3n) is 3.59. The van der Waals surface area contributed by atoms with Gasteiger partial charge in [-0.25, -0.2) is 0 Å². The molecule has 19 heavy (non-hydrogen) atoms. The van der Waals surface area contributed by atoms with Crippen LogP contribution in [0.2, 0.25) is 0 Å². The van der Waals surface area contributed by atoms with Crippen molar-refractivity contribution in [3.63, 3.8) is 0 Å². The lowest BCUT2D eigenvalue weighted by Gasteiger charge is -2.21. The topological polar surface area (TPSA) is 33.2 Å². The van der Waals surface area contributed by atoms with Crippen LogP contribution >= 0.6 is 0 Å². The summed E-state index contributed by atoms with van der Waals surface area (Å²) in [6.45, 7) is 13.6. The molecule has 0 amide bonds. The molecule has 0 saturated heterocycles. The first-order valence-electron chi connectivity index (χ1n) is 6.88. The number of rotatable bonds is 5. The molecule has 0 fully saturated rings. The number of likely N-dealkylation sites (N-methyl/N-ethyl adjacent to an activating group) is 1. The second kappa shape index (κ2) is 6.29. The van der Waals surface area contributed by atoms with Crippen LogP contribution in [0.15, 0.2) is 0 Å². The Bertz CT molecular complexity index is 478. The summed E-state index contributed by atoms with van der Waals surface area (Å²) in [5, 5.41) is 0. The van der Waals surface area contributed by atoms with Gasteiger partial charge in [0.15, 0.2) is 0 Å². The average molecular weight is 262 g/mol. The van der Waals surface area contributed by atoms with Gasteiger partial charge in [-0.15, -0.1) is 0 Å². The average Bonchev–Trinajstić information content (AvgIpc) is 2.28. The van der Waals surface area contributed by atoms with Gasteiger partial charge in [-0.2, -0.15) is 0 Å². The molecular weight excluding hydrogens is 236 g/mol. The van der Waals surface area contributed by atoms with Crippen molar-refractivity contribution < 1.29 is 4.79 Å². The van der Waals surface area contributed by atoms with Crippen LogP contribution in [0.25, 0.3) is 0 Å². The van der Waals surface area contributed by atoms with Crippen molar-refractivity contribution in [1.82, 2.24) is 9.88 Å². The fourth-order valence-electron chi connectivity index (χ4n) is 2.52. The van der Waals surface area contributed by atoms with Crippen molar-refractivity contribution in [3.8, 4) is 0 Å². The number of aromatic nitrogens is 1. The minimum atomic E-state index is 0.196. The molecular formula is C16H26N2O. The highest BCUT2D eigenvalue weighted by Gasteiger charge is 2.15. The van der Waals surface area contributed by atoms with Gasteiger partial charge in [0.2, 0.25) is 0 Å². The van der Waals surface area contributed by atoms with E-state index in [1.54, 1.807) is 6.92 Å². The molecule has 0 aromatic carbocycles. The molecule has 3 heteroatoms. The number of ketones is 1. The van der Waals surface area contributed by atoms with Crippen molar-refractivity contribution in [2.75, 3.05) is 13.6 Å². The van der Waals surface area contributed by atoms with Crippen LogP contribution in [-0.2, 0) is 11.3 Å². The molecule has 1 aromatic heterocycles. The molecule has 0 bridgehead atoms. The molecule has 0 N–H and O–H groups in total. The Labute approximate surface area is 117 Å². The molecule has 0 atom stereocenters. The van der Waals surface area contributed by atoms with Gasteiger partial charge in [0, 0.05) is 17.9 Å².